The Balaban J connectivity index is 2.20. The SMILES string of the molecule is CCC1C(=O)NCCN1C(=O)c1ccc(C)o1. The van der Waals surface area contributed by atoms with Crippen LogP contribution >= 0.6 is 0 Å². The predicted molar refractivity (Wildman–Crippen MR) is 61.6 cm³/mol. The van der Waals surface area contributed by atoms with Gasteiger partial charge in [0.15, 0.2) is 5.76 Å². The average Bonchev–Trinajstić information content (AvgIpc) is 2.74. The van der Waals surface area contributed by atoms with Crippen molar-refractivity contribution in [3.05, 3.63) is 23.7 Å². The van der Waals surface area contributed by atoms with E-state index in [2.05, 4.69) is 5.32 Å². The van der Waals surface area contributed by atoms with Crippen LogP contribution in [0.25, 0.3) is 0 Å². The van der Waals surface area contributed by atoms with E-state index in [4.69, 9.17) is 4.42 Å². The zero-order valence-corrected chi connectivity index (χ0v) is 10.0. The molecule has 0 aliphatic carbocycles. The largest absolute Gasteiger partial charge is 0.456 e. The van der Waals surface area contributed by atoms with E-state index in [1.165, 1.54) is 0 Å². The van der Waals surface area contributed by atoms with Gasteiger partial charge in [-0.1, -0.05) is 6.92 Å². The highest BCUT2D eigenvalue weighted by Gasteiger charge is 2.33. The maximum atomic E-state index is 12.2. The van der Waals surface area contributed by atoms with E-state index in [0.29, 0.717) is 31.0 Å². The van der Waals surface area contributed by atoms with Crippen molar-refractivity contribution in [2.24, 2.45) is 0 Å². The minimum atomic E-state index is -0.387. The van der Waals surface area contributed by atoms with Crippen molar-refractivity contribution in [2.75, 3.05) is 13.1 Å². The highest BCUT2D eigenvalue weighted by molar-refractivity contribution is 5.96. The number of hydrogen-bond donors (Lipinski definition) is 1. The van der Waals surface area contributed by atoms with E-state index < -0.39 is 0 Å². The maximum absolute atomic E-state index is 12.2. The Bertz CT molecular complexity index is 439. The molecule has 1 saturated heterocycles. The molecule has 1 aromatic heterocycles. The summed E-state index contributed by atoms with van der Waals surface area (Å²) in [5, 5.41) is 2.76. The Morgan fingerprint density at radius 2 is 2.35 bits per heavy atom. The number of nitrogens with zero attached hydrogens (tertiary/aromatic N) is 1. The number of carbonyl (C=O) groups excluding carboxylic acids is 2. The van der Waals surface area contributed by atoms with Gasteiger partial charge < -0.3 is 14.6 Å². The monoisotopic (exact) mass is 236 g/mol. The van der Waals surface area contributed by atoms with E-state index in [1.54, 1.807) is 24.0 Å². The first-order valence-corrected chi connectivity index (χ1v) is 5.78. The lowest BCUT2D eigenvalue weighted by Gasteiger charge is -2.33. The minimum Gasteiger partial charge on any atom is -0.456 e. The minimum absolute atomic E-state index is 0.0876. The van der Waals surface area contributed by atoms with Crippen molar-refractivity contribution >= 4 is 11.8 Å². The van der Waals surface area contributed by atoms with Gasteiger partial charge in [-0.2, -0.15) is 0 Å². The molecule has 2 heterocycles. The molecule has 5 nitrogen and oxygen atoms in total. The summed E-state index contributed by atoms with van der Waals surface area (Å²) in [5.41, 5.74) is 0. The van der Waals surface area contributed by atoms with Gasteiger partial charge in [0, 0.05) is 13.1 Å². The molecule has 1 fully saturated rings. The van der Waals surface area contributed by atoms with Crippen LogP contribution in [0.2, 0.25) is 0 Å². The van der Waals surface area contributed by atoms with E-state index in [0.717, 1.165) is 0 Å². The Labute approximate surface area is 99.8 Å². The fourth-order valence-electron chi connectivity index (χ4n) is 2.05. The number of hydrogen-bond acceptors (Lipinski definition) is 3. The van der Waals surface area contributed by atoms with Gasteiger partial charge in [0.1, 0.15) is 11.8 Å². The van der Waals surface area contributed by atoms with Crippen LogP contribution in [0.1, 0.15) is 29.7 Å². The van der Waals surface area contributed by atoms with Crippen LogP contribution in [-0.4, -0.2) is 35.8 Å². The first-order chi connectivity index (χ1) is 8.13. The third kappa shape index (κ3) is 2.18. The highest BCUT2D eigenvalue weighted by atomic mass is 16.3. The molecule has 2 rings (SSSR count). The molecule has 92 valence electrons. The predicted octanol–water partition coefficient (Wildman–Crippen LogP) is 0.939. The lowest BCUT2D eigenvalue weighted by Crippen LogP contribution is -2.56. The van der Waals surface area contributed by atoms with E-state index in [9.17, 15) is 9.59 Å². The van der Waals surface area contributed by atoms with Crippen molar-refractivity contribution in [2.45, 2.75) is 26.3 Å². The van der Waals surface area contributed by atoms with Crippen molar-refractivity contribution < 1.29 is 14.0 Å². The molecular formula is C12H16N2O3. The van der Waals surface area contributed by atoms with Crippen molar-refractivity contribution in [3.63, 3.8) is 0 Å². The number of nitrogens with one attached hydrogen (secondary N) is 1. The Kier molecular flexibility index (Phi) is 3.17. The Morgan fingerprint density at radius 3 is 2.94 bits per heavy atom. The van der Waals surface area contributed by atoms with Gasteiger partial charge in [0.25, 0.3) is 5.91 Å². The van der Waals surface area contributed by atoms with Gasteiger partial charge >= 0.3 is 0 Å². The molecule has 0 spiro atoms. The second-order valence-corrected chi connectivity index (χ2v) is 4.12. The molecule has 1 aromatic rings. The normalized spacial score (nSPS) is 20.2. The van der Waals surface area contributed by atoms with Crippen LogP contribution in [0.3, 0.4) is 0 Å². The molecule has 2 amide bonds. The van der Waals surface area contributed by atoms with Gasteiger partial charge in [-0.05, 0) is 25.5 Å². The molecular weight excluding hydrogens is 220 g/mol. The Hall–Kier alpha value is -1.78. The van der Waals surface area contributed by atoms with Gasteiger partial charge in [-0.3, -0.25) is 9.59 Å². The van der Waals surface area contributed by atoms with E-state index in [1.807, 2.05) is 6.92 Å². The molecule has 1 unspecified atom stereocenters. The van der Waals surface area contributed by atoms with Crippen LogP contribution in [-0.2, 0) is 4.79 Å². The van der Waals surface area contributed by atoms with E-state index in [-0.39, 0.29) is 17.9 Å². The molecule has 0 bridgehead atoms. The zero-order chi connectivity index (χ0) is 12.4. The fraction of sp³-hybridized carbons (Fsp3) is 0.500. The van der Waals surface area contributed by atoms with Gasteiger partial charge in [0.2, 0.25) is 5.91 Å². The topological polar surface area (TPSA) is 62.6 Å². The molecule has 1 atom stereocenters. The quantitative estimate of drug-likeness (QED) is 0.831. The smallest absolute Gasteiger partial charge is 0.290 e. The van der Waals surface area contributed by atoms with Crippen LogP contribution < -0.4 is 5.32 Å². The number of aryl methyl sites for hydroxylation is 1. The number of rotatable bonds is 2. The summed E-state index contributed by atoms with van der Waals surface area (Å²) in [4.78, 5) is 25.4. The van der Waals surface area contributed by atoms with Crippen molar-refractivity contribution in [1.82, 2.24) is 10.2 Å². The standard InChI is InChI=1S/C12H16N2O3/c1-3-9-11(15)13-6-7-14(9)12(16)10-5-4-8(2)17-10/h4-5,9H,3,6-7H2,1-2H3,(H,13,15). The summed E-state index contributed by atoms with van der Waals surface area (Å²) < 4.78 is 5.30. The molecule has 5 heteroatoms. The molecule has 0 aromatic carbocycles. The first-order valence-electron chi connectivity index (χ1n) is 5.78. The molecule has 0 saturated carbocycles. The summed E-state index contributed by atoms with van der Waals surface area (Å²) in [5.74, 6) is 0.702. The number of carbonyl (C=O) groups is 2. The number of piperazine rings is 1. The second kappa shape index (κ2) is 4.61. The molecule has 0 radical (unpaired) electrons. The molecule has 17 heavy (non-hydrogen) atoms. The lowest BCUT2D eigenvalue weighted by molar-refractivity contribution is -0.127. The number of furan rings is 1. The fourth-order valence-corrected chi connectivity index (χ4v) is 2.05. The Morgan fingerprint density at radius 1 is 1.59 bits per heavy atom. The average molecular weight is 236 g/mol. The van der Waals surface area contributed by atoms with Crippen LogP contribution in [0.15, 0.2) is 16.5 Å². The molecule has 1 aliphatic rings. The maximum Gasteiger partial charge on any atom is 0.290 e. The van der Waals surface area contributed by atoms with Gasteiger partial charge in [-0.25, -0.2) is 0 Å². The van der Waals surface area contributed by atoms with E-state index >= 15 is 0 Å². The van der Waals surface area contributed by atoms with Crippen LogP contribution in [0.4, 0.5) is 0 Å². The summed E-state index contributed by atoms with van der Waals surface area (Å²) >= 11 is 0. The van der Waals surface area contributed by atoms with Crippen molar-refractivity contribution in [1.29, 1.82) is 0 Å². The molecule has 1 N–H and O–H groups in total. The summed E-state index contributed by atoms with van der Waals surface area (Å²) in [6.07, 6.45) is 0.608. The van der Waals surface area contributed by atoms with Gasteiger partial charge in [-0.15, -0.1) is 0 Å². The third-order valence-corrected chi connectivity index (χ3v) is 2.93. The number of amides is 2. The van der Waals surface area contributed by atoms with Crippen LogP contribution in [0.5, 0.6) is 0 Å². The molecule has 1 aliphatic heterocycles. The van der Waals surface area contributed by atoms with Crippen LogP contribution in [0, 0.1) is 6.92 Å². The lowest BCUT2D eigenvalue weighted by atomic mass is 10.1. The highest BCUT2D eigenvalue weighted by Crippen LogP contribution is 2.15. The summed E-state index contributed by atoms with van der Waals surface area (Å²) in [6, 6.07) is 3.01. The first kappa shape index (κ1) is 11.7. The summed E-state index contributed by atoms with van der Waals surface area (Å²) in [7, 11) is 0. The zero-order valence-electron chi connectivity index (χ0n) is 10.0. The third-order valence-electron chi connectivity index (χ3n) is 2.93. The summed E-state index contributed by atoms with van der Waals surface area (Å²) in [6.45, 7) is 4.71. The van der Waals surface area contributed by atoms with Crippen molar-refractivity contribution in [3.8, 4) is 0 Å². The van der Waals surface area contributed by atoms with Gasteiger partial charge in [0.05, 0.1) is 0 Å². The second-order valence-electron chi connectivity index (χ2n) is 4.12.